The van der Waals surface area contributed by atoms with E-state index in [0.717, 1.165) is 32.1 Å². The van der Waals surface area contributed by atoms with Crippen molar-refractivity contribution in [2.75, 3.05) is 26.2 Å². The molecule has 0 aromatic rings. The first kappa shape index (κ1) is 8.97. The van der Waals surface area contributed by atoms with Gasteiger partial charge in [-0.1, -0.05) is 0 Å². The van der Waals surface area contributed by atoms with Gasteiger partial charge >= 0.3 is 0 Å². The molecule has 1 saturated carbocycles. The molecular formula is C8H18N2O. The minimum absolute atomic E-state index is 0.279. The van der Waals surface area contributed by atoms with Crippen molar-refractivity contribution in [1.82, 2.24) is 4.90 Å². The number of hydrogen-bond donors (Lipinski definition) is 2. The van der Waals surface area contributed by atoms with Gasteiger partial charge in [-0.3, -0.25) is 4.90 Å². The lowest BCUT2D eigenvalue weighted by atomic mass is 10.3. The summed E-state index contributed by atoms with van der Waals surface area (Å²) in [4.78, 5) is 2.34. The van der Waals surface area contributed by atoms with Gasteiger partial charge in [0.05, 0.1) is 6.61 Å². The monoisotopic (exact) mass is 158 g/mol. The molecule has 0 atom stereocenters. The summed E-state index contributed by atoms with van der Waals surface area (Å²) in [5, 5.41) is 8.74. The summed E-state index contributed by atoms with van der Waals surface area (Å²) >= 11 is 0. The molecule has 1 rings (SSSR count). The first-order valence-electron chi connectivity index (χ1n) is 4.43. The maximum absolute atomic E-state index is 8.74. The first-order chi connectivity index (χ1) is 5.38. The Morgan fingerprint density at radius 3 is 2.55 bits per heavy atom. The molecule has 0 aliphatic heterocycles. The Morgan fingerprint density at radius 1 is 1.36 bits per heavy atom. The molecule has 3 nitrogen and oxygen atoms in total. The lowest BCUT2D eigenvalue weighted by Gasteiger charge is -2.19. The molecule has 1 aliphatic carbocycles. The van der Waals surface area contributed by atoms with Crippen LogP contribution in [0, 0.1) is 0 Å². The highest BCUT2D eigenvalue weighted by Gasteiger charge is 2.27. The highest BCUT2D eigenvalue weighted by Crippen LogP contribution is 2.26. The lowest BCUT2D eigenvalue weighted by molar-refractivity contribution is 0.188. The van der Waals surface area contributed by atoms with Gasteiger partial charge in [0.2, 0.25) is 0 Å². The van der Waals surface area contributed by atoms with Gasteiger partial charge in [0.25, 0.3) is 0 Å². The molecule has 0 heterocycles. The predicted molar refractivity (Wildman–Crippen MR) is 45.4 cm³/mol. The van der Waals surface area contributed by atoms with E-state index < -0.39 is 0 Å². The maximum Gasteiger partial charge on any atom is 0.0558 e. The first-order valence-corrected chi connectivity index (χ1v) is 4.43. The van der Waals surface area contributed by atoms with E-state index >= 15 is 0 Å². The Bertz CT molecular complexity index is 104. The Labute approximate surface area is 68.2 Å². The molecule has 1 fully saturated rings. The third-order valence-corrected chi connectivity index (χ3v) is 2.10. The summed E-state index contributed by atoms with van der Waals surface area (Å²) in [6.45, 7) is 2.92. The van der Waals surface area contributed by atoms with Crippen molar-refractivity contribution in [2.45, 2.75) is 25.3 Å². The Hall–Kier alpha value is -0.120. The van der Waals surface area contributed by atoms with Gasteiger partial charge in [-0.2, -0.15) is 0 Å². The smallest absolute Gasteiger partial charge is 0.0558 e. The molecule has 3 heteroatoms. The average Bonchev–Trinajstić information content (AvgIpc) is 2.80. The van der Waals surface area contributed by atoms with Crippen LogP contribution in [0.2, 0.25) is 0 Å². The van der Waals surface area contributed by atoms with Crippen LogP contribution < -0.4 is 5.73 Å². The van der Waals surface area contributed by atoms with E-state index in [0.29, 0.717) is 0 Å². The van der Waals surface area contributed by atoms with Crippen molar-refractivity contribution in [3.8, 4) is 0 Å². The van der Waals surface area contributed by atoms with Gasteiger partial charge in [-0.15, -0.1) is 0 Å². The van der Waals surface area contributed by atoms with E-state index in [-0.39, 0.29) is 6.61 Å². The summed E-state index contributed by atoms with van der Waals surface area (Å²) in [6, 6.07) is 0.758. The number of rotatable bonds is 6. The zero-order valence-electron chi connectivity index (χ0n) is 7.00. The van der Waals surface area contributed by atoms with Crippen molar-refractivity contribution in [3.63, 3.8) is 0 Å². The second-order valence-electron chi connectivity index (χ2n) is 3.13. The lowest BCUT2D eigenvalue weighted by Crippen LogP contribution is -2.31. The molecule has 0 aromatic carbocycles. The van der Waals surface area contributed by atoms with Crippen LogP contribution in [0.15, 0.2) is 0 Å². The minimum Gasteiger partial charge on any atom is -0.395 e. The van der Waals surface area contributed by atoms with Crippen molar-refractivity contribution in [3.05, 3.63) is 0 Å². The molecule has 1 aliphatic rings. The second kappa shape index (κ2) is 4.70. The Kier molecular flexibility index (Phi) is 3.83. The molecule has 0 amide bonds. The molecule has 0 spiro atoms. The summed E-state index contributed by atoms with van der Waals surface area (Å²) in [6.07, 6.45) is 3.67. The minimum atomic E-state index is 0.279. The van der Waals surface area contributed by atoms with Crippen LogP contribution in [0.4, 0.5) is 0 Å². The van der Waals surface area contributed by atoms with Gasteiger partial charge in [-0.05, 0) is 32.4 Å². The van der Waals surface area contributed by atoms with Gasteiger partial charge in [0.15, 0.2) is 0 Å². The highest BCUT2D eigenvalue weighted by molar-refractivity contribution is 4.84. The van der Waals surface area contributed by atoms with Crippen LogP contribution in [-0.4, -0.2) is 42.3 Å². The zero-order valence-corrected chi connectivity index (χ0v) is 7.00. The number of nitrogens with two attached hydrogens (primary N) is 1. The fourth-order valence-electron chi connectivity index (χ4n) is 1.34. The fraction of sp³-hybridized carbons (Fsp3) is 1.00. The van der Waals surface area contributed by atoms with Crippen LogP contribution in [-0.2, 0) is 0 Å². The fourth-order valence-corrected chi connectivity index (χ4v) is 1.34. The third kappa shape index (κ3) is 3.18. The van der Waals surface area contributed by atoms with E-state index in [1.807, 2.05) is 0 Å². The van der Waals surface area contributed by atoms with Crippen molar-refractivity contribution < 1.29 is 5.11 Å². The summed E-state index contributed by atoms with van der Waals surface area (Å²) in [5.41, 5.74) is 5.40. The second-order valence-corrected chi connectivity index (χ2v) is 3.13. The van der Waals surface area contributed by atoms with Crippen LogP contribution in [0.25, 0.3) is 0 Å². The van der Waals surface area contributed by atoms with Gasteiger partial charge in [0, 0.05) is 12.6 Å². The Morgan fingerprint density at radius 2 is 2.09 bits per heavy atom. The molecule has 11 heavy (non-hydrogen) atoms. The molecule has 3 N–H and O–H groups in total. The molecule has 0 unspecified atom stereocenters. The highest BCUT2D eigenvalue weighted by atomic mass is 16.3. The van der Waals surface area contributed by atoms with E-state index in [9.17, 15) is 0 Å². The van der Waals surface area contributed by atoms with E-state index in [2.05, 4.69) is 4.90 Å². The number of hydrogen-bond acceptors (Lipinski definition) is 3. The van der Waals surface area contributed by atoms with Crippen molar-refractivity contribution in [1.29, 1.82) is 0 Å². The SMILES string of the molecule is NCCCN(CCO)C1CC1. The summed E-state index contributed by atoms with van der Waals surface area (Å²) in [7, 11) is 0. The molecule has 66 valence electrons. The van der Waals surface area contributed by atoms with Crippen LogP contribution >= 0.6 is 0 Å². The topological polar surface area (TPSA) is 49.5 Å². The molecule has 0 bridgehead atoms. The third-order valence-electron chi connectivity index (χ3n) is 2.10. The van der Waals surface area contributed by atoms with Crippen LogP contribution in [0.3, 0.4) is 0 Å². The Balaban J connectivity index is 2.10. The van der Waals surface area contributed by atoms with Crippen molar-refractivity contribution >= 4 is 0 Å². The predicted octanol–water partition coefficient (Wildman–Crippen LogP) is -0.208. The van der Waals surface area contributed by atoms with Crippen LogP contribution in [0.1, 0.15) is 19.3 Å². The van der Waals surface area contributed by atoms with Gasteiger partial charge in [-0.25, -0.2) is 0 Å². The molecule has 0 radical (unpaired) electrons. The summed E-state index contributed by atoms with van der Waals surface area (Å²) in [5.74, 6) is 0. The van der Waals surface area contributed by atoms with Gasteiger partial charge in [0.1, 0.15) is 0 Å². The molecule has 0 saturated heterocycles. The zero-order chi connectivity index (χ0) is 8.10. The van der Waals surface area contributed by atoms with Crippen molar-refractivity contribution in [2.24, 2.45) is 5.73 Å². The number of nitrogens with zero attached hydrogens (tertiary/aromatic N) is 1. The normalized spacial score (nSPS) is 17.7. The standard InChI is InChI=1S/C8H18N2O/c9-4-1-5-10(6-7-11)8-2-3-8/h8,11H,1-7,9H2. The van der Waals surface area contributed by atoms with E-state index in [1.165, 1.54) is 12.8 Å². The van der Waals surface area contributed by atoms with Gasteiger partial charge < -0.3 is 10.8 Å². The van der Waals surface area contributed by atoms with Crippen LogP contribution in [0.5, 0.6) is 0 Å². The van der Waals surface area contributed by atoms with E-state index in [4.69, 9.17) is 10.8 Å². The largest absolute Gasteiger partial charge is 0.395 e. The number of aliphatic hydroxyl groups excluding tert-OH is 1. The molecular weight excluding hydrogens is 140 g/mol. The maximum atomic E-state index is 8.74. The number of aliphatic hydroxyl groups is 1. The quantitative estimate of drug-likeness (QED) is 0.562. The van der Waals surface area contributed by atoms with E-state index in [1.54, 1.807) is 0 Å². The molecule has 0 aromatic heterocycles. The summed E-state index contributed by atoms with van der Waals surface area (Å²) < 4.78 is 0. The average molecular weight is 158 g/mol.